The van der Waals surface area contributed by atoms with Gasteiger partial charge in [0.2, 0.25) is 0 Å². The SMILES string of the molecule is NC[C@H]1CC[C@H](NC(=S)C23CC4(CCl)CC(c5ccccc5)(C2)CC(c2ccc(C56CCC7C(C(=S)N[C@H]8CC[C@H](N)CC8)CC(C5)CC7(CCl)C6)cc2)(C4)C3)CC1. The van der Waals surface area contributed by atoms with Crippen molar-refractivity contribution in [1.29, 1.82) is 0 Å². The van der Waals surface area contributed by atoms with E-state index in [1.807, 2.05) is 0 Å². The van der Waals surface area contributed by atoms with Gasteiger partial charge in [0.25, 0.3) is 0 Å². The second-order valence-corrected chi connectivity index (χ2v) is 23.6. The van der Waals surface area contributed by atoms with Gasteiger partial charge in [0.15, 0.2) is 0 Å². The lowest BCUT2D eigenvalue weighted by atomic mass is 9.34. The average Bonchev–Trinajstić information content (AvgIpc) is 3.23. The Morgan fingerprint density at radius 3 is 1.91 bits per heavy atom. The zero-order valence-corrected chi connectivity index (χ0v) is 37.9. The van der Waals surface area contributed by atoms with Crippen LogP contribution in [0.1, 0.15) is 145 Å². The first kappa shape index (κ1) is 40.8. The Morgan fingerprint density at radius 1 is 0.655 bits per heavy atom. The normalized spacial score (nSPS) is 45.1. The molecule has 7 bridgehead atoms. The number of thiocarbonyl (C=S) groups is 2. The van der Waals surface area contributed by atoms with E-state index in [0.717, 1.165) is 73.8 Å². The van der Waals surface area contributed by atoms with Crippen LogP contribution in [0.25, 0.3) is 0 Å². The minimum Gasteiger partial charge on any atom is -0.377 e. The molecule has 2 aromatic rings. The molecule has 0 aliphatic heterocycles. The van der Waals surface area contributed by atoms with Crippen LogP contribution in [0.5, 0.6) is 0 Å². The highest BCUT2D eigenvalue weighted by Gasteiger charge is 2.70. The van der Waals surface area contributed by atoms with E-state index >= 15 is 0 Å². The van der Waals surface area contributed by atoms with Crippen LogP contribution >= 0.6 is 47.6 Å². The van der Waals surface area contributed by atoms with Crippen molar-refractivity contribution in [2.45, 2.75) is 163 Å². The topological polar surface area (TPSA) is 76.1 Å². The summed E-state index contributed by atoms with van der Waals surface area (Å²) in [6, 6.07) is 23.1. The molecule has 8 heteroatoms. The maximum atomic E-state index is 7.23. The zero-order chi connectivity index (χ0) is 40.0. The Morgan fingerprint density at radius 2 is 1.28 bits per heavy atom. The Kier molecular flexibility index (Phi) is 10.7. The molecule has 58 heavy (non-hydrogen) atoms. The lowest BCUT2D eigenvalue weighted by Gasteiger charge is -2.71. The average molecular weight is 860 g/mol. The largest absolute Gasteiger partial charge is 0.377 e. The Hall–Kier alpha value is -1.28. The smallest absolute Gasteiger partial charge is 0.0819 e. The number of nitrogens with two attached hydrogens (primary N) is 2. The van der Waals surface area contributed by atoms with Crippen LogP contribution < -0.4 is 22.1 Å². The molecule has 314 valence electrons. The van der Waals surface area contributed by atoms with E-state index in [0.29, 0.717) is 47.7 Å². The predicted molar refractivity (Wildman–Crippen MR) is 249 cm³/mol. The third kappa shape index (κ3) is 6.77. The van der Waals surface area contributed by atoms with E-state index in [-0.39, 0.29) is 32.5 Å². The zero-order valence-electron chi connectivity index (χ0n) is 34.7. The number of hydrogen-bond acceptors (Lipinski definition) is 4. The van der Waals surface area contributed by atoms with Gasteiger partial charge in [-0.1, -0.05) is 79.0 Å². The molecule has 9 aliphatic rings. The second kappa shape index (κ2) is 15.2. The fourth-order valence-electron chi connectivity index (χ4n) is 16.7. The van der Waals surface area contributed by atoms with Crippen molar-refractivity contribution < 1.29 is 0 Å². The number of rotatable bonds is 10. The van der Waals surface area contributed by atoms with Gasteiger partial charge in [0.05, 0.1) is 9.98 Å². The highest BCUT2D eigenvalue weighted by atomic mass is 35.5. The van der Waals surface area contributed by atoms with E-state index in [9.17, 15) is 0 Å². The third-order valence-electron chi connectivity index (χ3n) is 18.5. The molecule has 9 fully saturated rings. The maximum absolute atomic E-state index is 7.23. The van der Waals surface area contributed by atoms with Crippen LogP contribution in [0.2, 0.25) is 0 Å². The van der Waals surface area contributed by atoms with Gasteiger partial charge in [-0.25, -0.2) is 0 Å². The molecule has 9 saturated carbocycles. The number of halogens is 2. The van der Waals surface area contributed by atoms with Gasteiger partial charge in [-0.05, 0) is 196 Å². The fourth-order valence-corrected chi connectivity index (χ4v) is 18.2. The van der Waals surface area contributed by atoms with Gasteiger partial charge in [0.1, 0.15) is 0 Å². The lowest BCUT2D eigenvalue weighted by molar-refractivity contribution is -0.104. The molecule has 9 atom stereocenters. The van der Waals surface area contributed by atoms with Gasteiger partial charge in [-0.2, -0.15) is 0 Å². The number of alkyl halides is 2. The Balaban J connectivity index is 0.940. The van der Waals surface area contributed by atoms with Gasteiger partial charge in [-0.15, -0.1) is 23.2 Å². The summed E-state index contributed by atoms with van der Waals surface area (Å²) >= 11 is 27.3. The molecule has 0 amide bonds. The summed E-state index contributed by atoms with van der Waals surface area (Å²) in [5.41, 5.74) is 17.4. The first-order valence-corrected chi connectivity index (χ1v) is 25.2. The standard InChI is InChI=1S/C50H68Cl2N4S2/c51-31-45-24-48(35-4-2-1-3-5-35)28-49(25-45,30-50(26-45,29-48)44(58)56-40-14-6-33(23-53)7-15-40)37-10-8-36(9-11-37)46-19-18-42-41(20-34(21-46)22-47(42,27-46)32-52)43(57)55-39-16-12-38(54)13-17-39/h1-5,8-11,33-34,38-42H,6-7,12-32,53-54H2,(H,55,57)(H,56,58)/t33-,34?,38-,39-,40-,41?,42?,45?,46?,47?,48?,49?,50?. The highest BCUT2D eigenvalue weighted by Crippen LogP contribution is 2.75. The third-order valence-corrected chi connectivity index (χ3v) is 20.6. The van der Waals surface area contributed by atoms with E-state index in [1.54, 1.807) is 5.56 Å². The molecule has 0 radical (unpaired) electrons. The van der Waals surface area contributed by atoms with Gasteiger partial charge in [0, 0.05) is 41.2 Å². The molecule has 9 aliphatic carbocycles. The Labute approximate surface area is 369 Å². The van der Waals surface area contributed by atoms with Crippen LogP contribution in [-0.4, -0.2) is 46.4 Å². The molecule has 9 unspecified atom stereocenters. The van der Waals surface area contributed by atoms with Crippen molar-refractivity contribution in [3.05, 3.63) is 71.3 Å². The number of hydrogen-bond donors (Lipinski definition) is 4. The molecule has 11 rings (SSSR count). The van der Waals surface area contributed by atoms with E-state index in [4.69, 9.17) is 59.1 Å². The summed E-state index contributed by atoms with van der Waals surface area (Å²) in [4.78, 5) is 2.26. The highest BCUT2D eigenvalue weighted by molar-refractivity contribution is 7.80. The molecule has 0 spiro atoms. The summed E-state index contributed by atoms with van der Waals surface area (Å²) in [7, 11) is 0. The van der Waals surface area contributed by atoms with Crippen LogP contribution in [0, 0.1) is 39.9 Å². The summed E-state index contributed by atoms with van der Waals surface area (Å²) in [6.45, 7) is 0.805. The van der Waals surface area contributed by atoms with E-state index in [1.165, 1.54) is 88.2 Å². The van der Waals surface area contributed by atoms with E-state index < -0.39 is 0 Å². The fraction of sp³-hybridized carbons (Fsp3) is 0.720. The molecular weight excluding hydrogens is 792 g/mol. The van der Waals surface area contributed by atoms with Crippen LogP contribution in [0.15, 0.2) is 54.6 Å². The quantitative estimate of drug-likeness (QED) is 0.141. The monoisotopic (exact) mass is 858 g/mol. The minimum absolute atomic E-state index is 0.0377. The van der Waals surface area contributed by atoms with Crippen molar-refractivity contribution in [2.75, 3.05) is 18.3 Å². The van der Waals surface area contributed by atoms with Crippen molar-refractivity contribution in [2.24, 2.45) is 51.4 Å². The number of benzene rings is 2. The molecular formula is C50H68Cl2N4S2. The molecule has 0 saturated heterocycles. The predicted octanol–water partition coefficient (Wildman–Crippen LogP) is 10.8. The van der Waals surface area contributed by atoms with Crippen LogP contribution in [0.4, 0.5) is 0 Å². The van der Waals surface area contributed by atoms with Crippen molar-refractivity contribution in [3.8, 4) is 0 Å². The molecule has 0 aromatic heterocycles. The number of nitrogens with one attached hydrogen (secondary N) is 2. The second-order valence-electron chi connectivity index (χ2n) is 22.2. The summed E-state index contributed by atoms with van der Waals surface area (Å²) in [5.74, 6) is 3.82. The summed E-state index contributed by atoms with van der Waals surface area (Å²) < 4.78 is 0. The van der Waals surface area contributed by atoms with Crippen molar-refractivity contribution >= 4 is 57.6 Å². The lowest BCUT2D eigenvalue weighted by Crippen LogP contribution is -2.68. The molecule has 4 nitrogen and oxygen atoms in total. The van der Waals surface area contributed by atoms with Gasteiger partial charge in [-0.3, -0.25) is 0 Å². The van der Waals surface area contributed by atoms with Gasteiger partial charge < -0.3 is 22.1 Å². The number of fused-ring (bicyclic) bond motifs is 2. The van der Waals surface area contributed by atoms with Crippen molar-refractivity contribution in [3.63, 3.8) is 0 Å². The maximum Gasteiger partial charge on any atom is 0.0819 e. The Bertz CT molecular complexity index is 1860. The summed E-state index contributed by atoms with van der Waals surface area (Å²) in [5, 5.41) is 7.93. The molecule has 2 aromatic carbocycles. The van der Waals surface area contributed by atoms with Gasteiger partial charge >= 0.3 is 0 Å². The van der Waals surface area contributed by atoms with Crippen molar-refractivity contribution in [1.82, 2.24) is 10.6 Å². The minimum atomic E-state index is -0.0569. The van der Waals surface area contributed by atoms with E-state index in [2.05, 4.69) is 65.2 Å². The summed E-state index contributed by atoms with van der Waals surface area (Å²) in [6.07, 6.45) is 23.6. The molecule has 6 N–H and O–H groups in total. The molecule has 0 heterocycles. The van der Waals surface area contributed by atoms with Crippen LogP contribution in [-0.2, 0) is 16.2 Å². The first-order chi connectivity index (χ1) is 28.0. The first-order valence-electron chi connectivity index (χ1n) is 23.3. The van der Waals surface area contributed by atoms with Crippen LogP contribution in [0.3, 0.4) is 0 Å².